The van der Waals surface area contributed by atoms with Gasteiger partial charge < -0.3 is 10.0 Å². The molecule has 1 fully saturated rings. The van der Waals surface area contributed by atoms with Gasteiger partial charge in [0.15, 0.2) is 0 Å². The van der Waals surface area contributed by atoms with E-state index in [0.717, 1.165) is 12.8 Å². The summed E-state index contributed by atoms with van der Waals surface area (Å²) in [6.45, 7) is 0.131. The number of rotatable bonds is 5. The predicted octanol–water partition coefficient (Wildman–Crippen LogP) is 2.93. The van der Waals surface area contributed by atoms with Gasteiger partial charge in [-0.2, -0.15) is 0 Å². The normalized spacial score (nSPS) is 14.2. The fourth-order valence-corrected chi connectivity index (χ4v) is 2.22. The predicted molar refractivity (Wildman–Crippen MR) is 72.7 cm³/mol. The van der Waals surface area contributed by atoms with Gasteiger partial charge >= 0.3 is 5.97 Å². The largest absolute Gasteiger partial charge is 0.480 e. The molecule has 4 nitrogen and oxygen atoms in total. The van der Waals surface area contributed by atoms with Gasteiger partial charge in [0, 0.05) is 6.54 Å². The summed E-state index contributed by atoms with van der Waals surface area (Å²) in [7, 11) is 0. The molecule has 0 aromatic heterocycles. The van der Waals surface area contributed by atoms with Crippen LogP contribution in [0.2, 0.25) is 10.0 Å². The number of aliphatic carboxylic acids is 1. The molecule has 0 radical (unpaired) electrons. The average molecular weight is 302 g/mol. The van der Waals surface area contributed by atoms with Gasteiger partial charge in [-0.3, -0.25) is 9.59 Å². The summed E-state index contributed by atoms with van der Waals surface area (Å²) in [4.78, 5) is 24.5. The van der Waals surface area contributed by atoms with Crippen LogP contribution in [0.4, 0.5) is 0 Å². The molecule has 102 valence electrons. The van der Waals surface area contributed by atoms with Crippen molar-refractivity contribution < 1.29 is 14.7 Å². The quantitative estimate of drug-likeness (QED) is 0.910. The molecule has 6 heteroatoms. The number of hydrogen-bond acceptors (Lipinski definition) is 2. The molecule has 0 heterocycles. The second kappa shape index (κ2) is 5.80. The molecule has 1 N–H and O–H groups in total. The van der Waals surface area contributed by atoms with Crippen molar-refractivity contribution in [3.05, 3.63) is 33.8 Å². The van der Waals surface area contributed by atoms with Gasteiger partial charge in [-0.1, -0.05) is 29.3 Å². The standard InChI is InChI=1S/C13H13Cl2NO3/c14-10-3-1-2-9(12(10)15)13(19)16(7-11(17)18)6-8-4-5-8/h1-3,8H,4-7H2,(H,17,18). The zero-order valence-corrected chi connectivity index (χ0v) is 11.6. The van der Waals surface area contributed by atoms with Crippen molar-refractivity contribution >= 4 is 35.1 Å². The van der Waals surface area contributed by atoms with Crippen molar-refractivity contribution in [2.45, 2.75) is 12.8 Å². The summed E-state index contributed by atoms with van der Waals surface area (Å²) < 4.78 is 0. The third kappa shape index (κ3) is 3.61. The number of halogens is 2. The summed E-state index contributed by atoms with van der Waals surface area (Å²) in [5.41, 5.74) is 0.246. The van der Waals surface area contributed by atoms with E-state index in [1.165, 1.54) is 4.90 Å². The first-order valence-corrected chi connectivity index (χ1v) is 6.69. The maximum absolute atomic E-state index is 12.3. The molecule has 1 aromatic carbocycles. The Balaban J connectivity index is 2.21. The lowest BCUT2D eigenvalue weighted by Crippen LogP contribution is -2.37. The Labute approximate surface area is 120 Å². The maximum atomic E-state index is 12.3. The molecule has 19 heavy (non-hydrogen) atoms. The topological polar surface area (TPSA) is 57.6 Å². The Morgan fingerprint density at radius 3 is 2.58 bits per heavy atom. The molecule has 0 atom stereocenters. The molecule has 0 aliphatic heterocycles. The highest BCUT2D eigenvalue weighted by molar-refractivity contribution is 6.43. The van der Waals surface area contributed by atoms with Gasteiger partial charge in [0.1, 0.15) is 6.54 Å². The zero-order chi connectivity index (χ0) is 14.0. The molecule has 1 amide bonds. The molecule has 1 aromatic rings. The number of carboxylic acids is 1. The maximum Gasteiger partial charge on any atom is 0.323 e. The molecule has 2 rings (SSSR count). The molecule has 0 bridgehead atoms. The van der Waals surface area contributed by atoms with Crippen molar-refractivity contribution in [3.8, 4) is 0 Å². The minimum atomic E-state index is -1.04. The summed E-state index contributed by atoms with van der Waals surface area (Å²) in [5, 5.41) is 9.34. The fraction of sp³-hybridized carbons (Fsp3) is 0.385. The molecule has 1 aliphatic carbocycles. The van der Waals surface area contributed by atoms with E-state index < -0.39 is 5.97 Å². The number of amides is 1. The van der Waals surface area contributed by atoms with Crippen LogP contribution < -0.4 is 0 Å². The Morgan fingerprint density at radius 1 is 1.32 bits per heavy atom. The first-order chi connectivity index (χ1) is 8.99. The van der Waals surface area contributed by atoms with Crippen molar-refractivity contribution in [1.82, 2.24) is 4.90 Å². The van der Waals surface area contributed by atoms with Crippen LogP contribution in [0.5, 0.6) is 0 Å². The van der Waals surface area contributed by atoms with E-state index in [2.05, 4.69) is 0 Å². The summed E-state index contributed by atoms with van der Waals surface area (Å²) in [6.07, 6.45) is 2.07. The van der Waals surface area contributed by atoms with Crippen molar-refractivity contribution in [2.75, 3.05) is 13.1 Å². The summed E-state index contributed by atoms with van der Waals surface area (Å²) in [5.74, 6) is -1.02. The van der Waals surface area contributed by atoms with Gasteiger partial charge in [0.25, 0.3) is 5.91 Å². The van der Waals surface area contributed by atoms with Gasteiger partial charge in [-0.05, 0) is 30.9 Å². The van der Waals surface area contributed by atoms with E-state index in [9.17, 15) is 9.59 Å². The average Bonchev–Trinajstić information content (AvgIpc) is 3.14. The van der Waals surface area contributed by atoms with Crippen molar-refractivity contribution in [1.29, 1.82) is 0 Å². The van der Waals surface area contributed by atoms with Crippen molar-refractivity contribution in [3.63, 3.8) is 0 Å². The first kappa shape index (κ1) is 14.2. The Morgan fingerprint density at radius 2 is 2.00 bits per heavy atom. The van der Waals surface area contributed by atoms with Gasteiger partial charge in [0.2, 0.25) is 0 Å². The lowest BCUT2D eigenvalue weighted by atomic mass is 10.2. The van der Waals surface area contributed by atoms with Crippen LogP contribution in [0.3, 0.4) is 0 Å². The van der Waals surface area contributed by atoms with E-state index in [0.29, 0.717) is 12.5 Å². The van der Waals surface area contributed by atoms with Crippen LogP contribution in [-0.4, -0.2) is 35.0 Å². The Hall–Kier alpha value is -1.26. The second-order valence-electron chi connectivity index (χ2n) is 4.62. The Bertz CT molecular complexity index is 515. The van der Waals surface area contributed by atoms with Crippen LogP contribution in [0.25, 0.3) is 0 Å². The Kier molecular flexibility index (Phi) is 4.32. The van der Waals surface area contributed by atoms with E-state index in [1.54, 1.807) is 18.2 Å². The lowest BCUT2D eigenvalue weighted by Gasteiger charge is -2.21. The van der Waals surface area contributed by atoms with E-state index in [-0.39, 0.29) is 28.1 Å². The number of nitrogens with zero attached hydrogens (tertiary/aromatic N) is 1. The number of carbonyl (C=O) groups excluding carboxylic acids is 1. The second-order valence-corrected chi connectivity index (χ2v) is 5.41. The number of benzene rings is 1. The summed E-state index contributed by atoms with van der Waals surface area (Å²) >= 11 is 11.9. The highest BCUT2D eigenvalue weighted by Crippen LogP contribution is 2.31. The van der Waals surface area contributed by atoms with Crippen LogP contribution in [0.15, 0.2) is 18.2 Å². The number of hydrogen-bond donors (Lipinski definition) is 1. The third-order valence-corrected chi connectivity index (χ3v) is 3.79. The van der Waals surface area contributed by atoms with Crippen LogP contribution in [-0.2, 0) is 4.79 Å². The van der Waals surface area contributed by atoms with Gasteiger partial charge in [0.05, 0.1) is 15.6 Å². The summed E-state index contributed by atoms with van der Waals surface area (Å²) in [6, 6.07) is 4.76. The van der Waals surface area contributed by atoms with Gasteiger partial charge in [-0.15, -0.1) is 0 Å². The lowest BCUT2D eigenvalue weighted by molar-refractivity contribution is -0.137. The number of carboxylic acid groups (broad SMARTS) is 1. The molecule has 1 saturated carbocycles. The molecule has 1 aliphatic rings. The third-order valence-electron chi connectivity index (χ3n) is 2.97. The molecule has 0 saturated heterocycles. The molecular weight excluding hydrogens is 289 g/mol. The van der Waals surface area contributed by atoms with E-state index in [4.69, 9.17) is 28.3 Å². The van der Waals surface area contributed by atoms with Gasteiger partial charge in [-0.25, -0.2) is 0 Å². The van der Waals surface area contributed by atoms with Crippen molar-refractivity contribution in [2.24, 2.45) is 5.92 Å². The highest BCUT2D eigenvalue weighted by Gasteiger charge is 2.29. The smallest absolute Gasteiger partial charge is 0.323 e. The van der Waals surface area contributed by atoms with E-state index >= 15 is 0 Å². The zero-order valence-electron chi connectivity index (χ0n) is 10.1. The highest BCUT2D eigenvalue weighted by atomic mass is 35.5. The van der Waals surface area contributed by atoms with Crippen LogP contribution >= 0.6 is 23.2 Å². The van der Waals surface area contributed by atoms with E-state index in [1.807, 2.05) is 0 Å². The van der Waals surface area contributed by atoms with Crippen LogP contribution in [0, 0.1) is 5.92 Å². The molecule has 0 spiro atoms. The van der Waals surface area contributed by atoms with Crippen LogP contribution in [0.1, 0.15) is 23.2 Å². The number of carbonyl (C=O) groups is 2. The molecular formula is C13H13Cl2NO3. The minimum Gasteiger partial charge on any atom is -0.480 e. The SMILES string of the molecule is O=C(O)CN(CC1CC1)C(=O)c1cccc(Cl)c1Cl. The minimum absolute atomic E-state index is 0.167. The monoisotopic (exact) mass is 301 g/mol. The first-order valence-electron chi connectivity index (χ1n) is 5.94. The fourth-order valence-electron chi connectivity index (χ4n) is 1.83. The molecule has 0 unspecified atom stereocenters.